The molecule has 8 nitrogen and oxygen atoms in total. The van der Waals surface area contributed by atoms with Gasteiger partial charge in [-0.15, -0.1) is 27.8 Å². The molecule has 0 aromatic carbocycles. The first-order chi connectivity index (χ1) is 11.6. The lowest BCUT2D eigenvalue weighted by Gasteiger charge is -2.30. The SMILES string of the molecule is CS(=O)CN1NN=C2C(c3nc(-c4cccs4)cs3)=NCN2C1=O. The number of thiazole rings is 1. The molecule has 0 radical (unpaired) electrons. The van der Waals surface area contributed by atoms with Gasteiger partial charge >= 0.3 is 6.03 Å². The molecule has 0 spiro atoms. The molecule has 24 heavy (non-hydrogen) atoms. The zero-order valence-corrected chi connectivity index (χ0v) is 15.0. The van der Waals surface area contributed by atoms with Crippen molar-refractivity contribution in [2.24, 2.45) is 10.1 Å². The number of carbonyl (C=O) groups excluding carboxylic acids is 1. The minimum atomic E-state index is -1.15. The van der Waals surface area contributed by atoms with Crippen LogP contribution in [0, 0.1) is 0 Å². The van der Waals surface area contributed by atoms with Crippen LogP contribution in [0.15, 0.2) is 33.0 Å². The first-order valence-corrected chi connectivity index (χ1v) is 10.4. The highest BCUT2D eigenvalue weighted by molar-refractivity contribution is 7.84. The molecule has 4 rings (SSSR count). The molecule has 11 heteroatoms. The van der Waals surface area contributed by atoms with Crippen LogP contribution in [0.3, 0.4) is 0 Å². The fourth-order valence-corrected chi connectivity index (χ4v) is 4.43. The standard InChI is InChI=1S/C13H12N6O2S3/c1-24(21)7-19-13(20)18-6-14-10(11(18)16-17-19)12-15-8(5-23-12)9-3-2-4-22-9/h2-5,17H,6-7H2,1H3. The van der Waals surface area contributed by atoms with Gasteiger partial charge in [-0.25, -0.2) is 20.3 Å². The maximum Gasteiger partial charge on any atom is 0.348 e. The van der Waals surface area contributed by atoms with E-state index in [9.17, 15) is 9.00 Å². The number of nitrogens with one attached hydrogen (secondary N) is 1. The van der Waals surface area contributed by atoms with Crippen molar-refractivity contribution in [1.29, 1.82) is 0 Å². The van der Waals surface area contributed by atoms with E-state index >= 15 is 0 Å². The van der Waals surface area contributed by atoms with Crippen LogP contribution in [-0.4, -0.2) is 55.5 Å². The fourth-order valence-electron chi connectivity index (χ4n) is 2.32. The van der Waals surface area contributed by atoms with E-state index in [2.05, 4.69) is 20.6 Å². The van der Waals surface area contributed by atoms with Crippen LogP contribution in [0.25, 0.3) is 10.6 Å². The van der Waals surface area contributed by atoms with Crippen LogP contribution < -0.4 is 5.53 Å². The van der Waals surface area contributed by atoms with Gasteiger partial charge in [0.2, 0.25) is 0 Å². The molecule has 0 saturated heterocycles. The zero-order valence-electron chi connectivity index (χ0n) is 12.5. The van der Waals surface area contributed by atoms with Gasteiger partial charge in [-0.05, 0) is 11.4 Å². The fraction of sp³-hybridized carbons (Fsp3) is 0.231. The van der Waals surface area contributed by atoms with Gasteiger partial charge in [0.25, 0.3) is 0 Å². The number of carbonyl (C=O) groups is 1. The molecule has 0 aliphatic carbocycles. The maximum atomic E-state index is 12.4. The zero-order chi connectivity index (χ0) is 16.7. The summed E-state index contributed by atoms with van der Waals surface area (Å²) in [6, 6.07) is 3.68. The number of hydrogen-bond acceptors (Lipinski definition) is 8. The molecule has 0 bridgehead atoms. The number of hydrazone groups is 1. The number of thiophene rings is 1. The predicted molar refractivity (Wildman–Crippen MR) is 95.4 cm³/mol. The molecule has 4 heterocycles. The molecule has 2 amide bonds. The molecule has 1 N–H and O–H groups in total. The molecule has 2 aliphatic rings. The predicted octanol–water partition coefficient (Wildman–Crippen LogP) is 1.52. The van der Waals surface area contributed by atoms with Gasteiger partial charge in [-0.3, -0.25) is 14.1 Å². The molecular weight excluding hydrogens is 368 g/mol. The number of urea groups is 1. The Morgan fingerprint density at radius 2 is 2.29 bits per heavy atom. The molecule has 0 saturated carbocycles. The molecule has 0 fully saturated rings. The Labute approximate surface area is 148 Å². The first kappa shape index (κ1) is 15.4. The topological polar surface area (TPSA) is 90.3 Å². The molecule has 2 aromatic heterocycles. The van der Waals surface area contributed by atoms with E-state index in [1.807, 2.05) is 22.9 Å². The number of aromatic nitrogens is 1. The summed E-state index contributed by atoms with van der Waals surface area (Å²) in [6.45, 7) is 0.190. The normalized spacial score (nSPS) is 18.1. The van der Waals surface area contributed by atoms with Crippen molar-refractivity contribution >= 4 is 51.1 Å². The Morgan fingerprint density at radius 1 is 1.42 bits per heavy atom. The second kappa shape index (κ2) is 6.07. The van der Waals surface area contributed by atoms with Crippen molar-refractivity contribution in [3.8, 4) is 10.6 Å². The largest absolute Gasteiger partial charge is 0.348 e. The van der Waals surface area contributed by atoms with Crippen LogP contribution in [0.2, 0.25) is 0 Å². The summed E-state index contributed by atoms with van der Waals surface area (Å²) < 4.78 is 11.3. The summed E-state index contributed by atoms with van der Waals surface area (Å²) in [6.07, 6.45) is 1.53. The van der Waals surface area contributed by atoms with E-state index in [4.69, 9.17) is 0 Å². The van der Waals surface area contributed by atoms with Crippen LogP contribution >= 0.6 is 22.7 Å². The molecule has 1 atom stereocenters. The second-order valence-electron chi connectivity index (χ2n) is 5.04. The summed E-state index contributed by atoms with van der Waals surface area (Å²) in [4.78, 5) is 23.9. The summed E-state index contributed by atoms with van der Waals surface area (Å²) in [7, 11) is -1.15. The average molecular weight is 380 g/mol. The van der Waals surface area contributed by atoms with Crippen molar-refractivity contribution in [1.82, 2.24) is 20.4 Å². The van der Waals surface area contributed by atoms with Gasteiger partial charge in [0.1, 0.15) is 23.3 Å². The van der Waals surface area contributed by atoms with E-state index in [1.165, 1.54) is 27.5 Å². The van der Waals surface area contributed by atoms with Gasteiger partial charge in [-0.2, -0.15) is 0 Å². The molecule has 1 unspecified atom stereocenters. The quantitative estimate of drug-likeness (QED) is 0.871. The minimum Gasteiger partial charge on any atom is -0.258 e. The van der Waals surface area contributed by atoms with E-state index in [0.29, 0.717) is 11.5 Å². The second-order valence-corrected chi connectivity index (χ2v) is 8.25. The smallest absolute Gasteiger partial charge is 0.258 e. The van der Waals surface area contributed by atoms with Crippen molar-refractivity contribution in [3.05, 3.63) is 27.9 Å². The van der Waals surface area contributed by atoms with Crippen molar-refractivity contribution in [2.45, 2.75) is 0 Å². The Morgan fingerprint density at radius 3 is 3.04 bits per heavy atom. The molecule has 124 valence electrons. The van der Waals surface area contributed by atoms with Gasteiger partial charge in [0.05, 0.1) is 10.6 Å². The number of aliphatic imine (C=N–C) groups is 1. The lowest BCUT2D eigenvalue weighted by atomic mass is 10.3. The first-order valence-electron chi connectivity index (χ1n) is 6.90. The van der Waals surface area contributed by atoms with Gasteiger partial charge < -0.3 is 0 Å². The molecular formula is C13H12N6O2S3. The lowest BCUT2D eigenvalue weighted by Crippen LogP contribution is -2.55. The van der Waals surface area contributed by atoms with Crippen LogP contribution in [-0.2, 0) is 10.8 Å². The number of amides is 2. The van der Waals surface area contributed by atoms with E-state index < -0.39 is 10.8 Å². The van der Waals surface area contributed by atoms with Crippen molar-refractivity contribution < 1.29 is 9.00 Å². The van der Waals surface area contributed by atoms with E-state index in [-0.39, 0.29) is 18.6 Å². The third-order valence-corrected chi connectivity index (χ3v) is 5.73. The molecule has 2 aromatic rings. The summed E-state index contributed by atoms with van der Waals surface area (Å²) in [5, 5.41) is 10.1. The third-order valence-electron chi connectivity index (χ3n) is 3.37. The average Bonchev–Trinajstić information content (AvgIpc) is 3.28. The number of rotatable bonds is 4. The number of amidine groups is 1. The highest BCUT2D eigenvalue weighted by atomic mass is 32.2. The Balaban J connectivity index is 1.59. The van der Waals surface area contributed by atoms with E-state index in [1.54, 1.807) is 11.3 Å². The van der Waals surface area contributed by atoms with Crippen molar-refractivity contribution in [2.75, 3.05) is 18.8 Å². The van der Waals surface area contributed by atoms with Crippen LogP contribution in [0.5, 0.6) is 0 Å². The van der Waals surface area contributed by atoms with Crippen LogP contribution in [0.1, 0.15) is 5.01 Å². The van der Waals surface area contributed by atoms with Gasteiger partial charge in [0.15, 0.2) is 5.84 Å². The summed E-state index contributed by atoms with van der Waals surface area (Å²) in [5.74, 6) is 0.520. The summed E-state index contributed by atoms with van der Waals surface area (Å²) >= 11 is 3.09. The minimum absolute atomic E-state index is 0.0707. The number of nitrogens with zero attached hydrogens (tertiary/aromatic N) is 5. The van der Waals surface area contributed by atoms with Crippen LogP contribution in [0.4, 0.5) is 4.79 Å². The lowest BCUT2D eigenvalue weighted by molar-refractivity contribution is 0.155. The number of fused-ring (bicyclic) bond motifs is 1. The monoisotopic (exact) mass is 380 g/mol. The number of hydrazine groups is 1. The maximum absolute atomic E-state index is 12.4. The highest BCUT2D eigenvalue weighted by Crippen LogP contribution is 2.28. The Hall–Kier alpha value is -2.11. The number of hydrogen-bond donors (Lipinski definition) is 1. The molecule has 2 aliphatic heterocycles. The third kappa shape index (κ3) is 2.64. The van der Waals surface area contributed by atoms with Crippen molar-refractivity contribution in [3.63, 3.8) is 0 Å². The highest BCUT2D eigenvalue weighted by Gasteiger charge is 2.37. The van der Waals surface area contributed by atoms with Gasteiger partial charge in [0, 0.05) is 22.4 Å². The summed E-state index contributed by atoms with van der Waals surface area (Å²) in [5.41, 5.74) is 4.13. The van der Waals surface area contributed by atoms with E-state index in [0.717, 1.165) is 15.6 Å². The Kier molecular flexibility index (Phi) is 3.90. The van der Waals surface area contributed by atoms with Gasteiger partial charge in [-0.1, -0.05) is 6.07 Å². The Bertz CT molecular complexity index is 872.